The van der Waals surface area contributed by atoms with Crippen molar-refractivity contribution in [1.82, 2.24) is 5.32 Å². The minimum atomic E-state index is -0.667. The van der Waals surface area contributed by atoms with Crippen LogP contribution in [0.5, 0.6) is 0 Å². The van der Waals surface area contributed by atoms with E-state index in [-0.39, 0.29) is 11.8 Å². The molecule has 1 amide bonds. The molecule has 2 N–H and O–H groups in total. The standard InChI is InChI=1S/C22H39NO3/c1-2-3-4-5-6-7-8-9-10-11-12-13-21(24)23-18-19-14-16-20(17-15-19)22(25)26/h5-6,19-20H,2-4,7-18H2,1H3,(H,23,24)(H,25,26)/b6-5+. The zero-order valence-corrected chi connectivity index (χ0v) is 16.7. The van der Waals surface area contributed by atoms with Gasteiger partial charge in [-0.15, -0.1) is 0 Å². The summed E-state index contributed by atoms with van der Waals surface area (Å²) in [5, 5.41) is 12.0. The summed E-state index contributed by atoms with van der Waals surface area (Å²) in [6, 6.07) is 0. The highest BCUT2D eigenvalue weighted by Gasteiger charge is 2.25. The molecular formula is C22H39NO3. The van der Waals surface area contributed by atoms with Gasteiger partial charge in [0.1, 0.15) is 0 Å². The van der Waals surface area contributed by atoms with E-state index in [1.165, 1.54) is 44.9 Å². The van der Waals surface area contributed by atoms with Gasteiger partial charge in [0.25, 0.3) is 0 Å². The Kier molecular flexibility index (Phi) is 12.9. The Bertz CT molecular complexity index is 412. The van der Waals surface area contributed by atoms with Gasteiger partial charge in [0, 0.05) is 13.0 Å². The summed E-state index contributed by atoms with van der Waals surface area (Å²) in [5.74, 6) is -0.224. The number of nitrogens with one attached hydrogen (secondary N) is 1. The van der Waals surface area contributed by atoms with Crippen LogP contribution in [0.3, 0.4) is 0 Å². The summed E-state index contributed by atoms with van der Waals surface area (Å²) in [7, 11) is 0. The van der Waals surface area contributed by atoms with Gasteiger partial charge in [0.05, 0.1) is 5.92 Å². The summed E-state index contributed by atoms with van der Waals surface area (Å²) in [4.78, 5) is 22.8. The van der Waals surface area contributed by atoms with E-state index in [9.17, 15) is 9.59 Å². The van der Waals surface area contributed by atoms with Crippen molar-refractivity contribution in [3.05, 3.63) is 12.2 Å². The van der Waals surface area contributed by atoms with Crippen LogP contribution in [-0.4, -0.2) is 23.5 Å². The molecule has 1 aliphatic rings. The predicted molar refractivity (Wildman–Crippen MR) is 107 cm³/mol. The Morgan fingerprint density at radius 3 is 2.19 bits per heavy atom. The van der Waals surface area contributed by atoms with E-state index in [1.807, 2.05) is 0 Å². The topological polar surface area (TPSA) is 66.4 Å². The zero-order valence-electron chi connectivity index (χ0n) is 16.7. The molecular weight excluding hydrogens is 326 g/mol. The highest BCUT2D eigenvalue weighted by Crippen LogP contribution is 2.28. The minimum Gasteiger partial charge on any atom is -0.481 e. The van der Waals surface area contributed by atoms with E-state index >= 15 is 0 Å². The van der Waals surface area contributed by atoms with Crippen LogP contribution in [0, 0.1) is 11.8 Å². The van der Waals surface area contributed by atoms with Crippen LogP contribution in [0.2, 0.25) is 0 Å². The Morgan fingerprint density at radius 2 is 1.54 bits per heavy atom. The van der Waals surface area contributed by atoms with E-state index in [1.54, 1.807) is 0 Å². The predicted octanol–water partition coefficient (Wildman–Crippen LogP) is 5.47. The average molecular weight is 366 g/mol. The van der Waals surface area contributed by atoms with E-state index < -0.39 is 5.97 Å². The molecule has 4 heteroatoms. The Hall–Kier alpha value is -1.32. The van der Waals surface area contributed by atoms with Crippen LogP contribution in [0.1, 0.15) is 96.8 Å². The van der Waals surface area contributed by atoms with Crippen LogP contribution in [0.15, 0.2) is 12.2 Å². The van der Waals surface area contributed by atoms with Crippen LogP contribution in [-0.2, 0) is 9.59 Å². The van der Waals surface area contributed by atoms with Gasteiger partial charge in [-0.3, -0.25) is 9.59 Å². The van der Waals surface area contributed by atoms with E-state index in [0.717, 1.165) is 45.1 Å². The van der Waals surface area contributed by atoms with Crippen molar-refractivity contribution >= 4 is 11.9 Å². The smallest absolute Gasteiger partial charge is 0.306 e. The fraction of sp³-hybridized carbons (Fsp3) is 0.818. The zero-order chi connectivity index (χ0) is 19.0. The molecule has 0 unspecified atom stereocenters. The maximum Gasteiger partial charge on any atom is 0.306 e. The molecule has 0 heterocycles. The number of amides is 1. The second-order valence-electron chi connectivity index (χ2n) is 7.78. The maximum absolute atomic E-state index is 11.9. The summed E-state index contributed by atoms with van der Waals surface area (Å²) in [6.07, 6.45) is 19.4. The molecule has 1 rings (SSSR count). The lowest BCUT2D eigenvalue weighted by atomic mass is 9.82. The van der Waals surface area contributed by atoms with Crippen molar-refractivity contribution in [1.29, 1.82) is 0 Å². The second kappa shape index (κ2) is 14.8. The van der Waals surface area contributed by atoms with Crippen LogP contribution in [0.25, 0.3) is 0 Å². The number of rotatable bonds is 14. The second-order valence-corrected chi connectivity index (χ2v) is 7.78. The molecule has 150 valence electrons. The molecule has 0 atom stereocenters. The normalized spacial score (nSPS) is 20.3. The van der Waals surface area contributed by atoms with Gasteiger partial charge in [-0.1, -0.05) is 51.2 Å². The highest BCUT2D eigenvalue weighted by molar-refractivity contribution is 5.75. The average Bonchev–Trinajstić information content (AvgIpc) is 2.64. The fourth-order valence-corrected chi connectivity index (χ4v) is 3.60. The number of hydrogen-bond acceptors (Lipinski definition) is 2. The van der Waals surface area contributed by atoms with Crippen molar-refractivity contribution < 1.29 is 14.7 Å². The third-order valence-electron chi connectivity index (χ3n) is 5.45. The van der Waals surface area contributed by atoms with Crippen LogP contribution >= 0.6 is 0 Å². The molecule has 1 saturated carbocycles. The molecule has 0 aromatic heterocycles. The molecule has 0 saturated heterocycles. The first-order valence-electron chi connectivity index (χ1n) is 10.8. The van der Waals surface area contributed by atoms with Gasteiger partial charge < -0.3 is 10.4 Å². The number of carboxylic acid groups (broad SMARTS) is 1. The van der Waals surface area contributed by atoms with Gasteiger partial charge in [0.15, 0.2) is 0 Å². The van der Waals surface area contributed by atoms with Crippen molar-refractivity contribution in [2.24, 2.45) is 11.8 Å². The van der Waals surface area contributed by atoms with Crippen LogP contribution in [0.4, 0.5) is 0 Å². The number of carboxylic acids is 1. The summed E-state index contributed by atoms with van der Waals surface area (Å²) >= 11 is 0. The lowest BCUT2D eigenvalue weighted by Gasteiger charge is -2.26. The van der Waals surface area contributed by atoms with E-state index in [0.29, 0.717) is 12.3 Å². The van der Waals surface area contributed by atoms with Crippen molar-refractivity contribution in [2.75, 3.05) is 6.54 Å². The molecule has 0 spiro atoms. The van der Waals surface area contributed by atoms with Gasteiger partial charge in [-0.2, -0.15) is 0 Å². The lowest BCUT2D eigenvalue weighted by molar-refractivity contribution is -0.143. The summed E-state index contributed by atoms with van der Waals surface area (Å²) in [5.41, 5.74) is 0. The number of aliphatic carboxylic acids is 1. The molecule has 0 aromatic carbocycles. The molecule has 0 radical (unpaired) electrons. The van der Waals surface area contributed by atoms with E-state index in [4.69, 9.17) is 5.11 Å². The number of unbranched alkanes of at least 4 members (excludes halogenated alkanes) is 7. The monoisotopic (exact) mass is 365 g/mol. The minimum absolute atomic E-state index is 0.157. The Morgan fingerprint density at radius 1 is 0.923 bits per heavy atom. The first-order chi connectivity index (χ1) is 12.6. The van der Waals surface area contributed by atoms with Gasteiger partial charge in [0.2, 0.25) is 5.91 Å². The maximum atomic E-state index is 11.9. The Labute approximate surface area is 159 Å². The third-order valence-corrected chi connectivity index (χ3v) is 5.45. The number of carbonyl (C=O) groups excluding carboxylic acids is 1. The van der Waals surface area contributed by atoms with Crippen molar-refractivity contribution in [3.63, 3.8) is 0 Å². The molecule has 26 heavy (non-hydrogen) atoms. The van der Waals surface area contributed by atoms with Crippen molar-refractivity contribution in [3.8, 4) is 0 Å². The lowest BCUT2D eigenvalue weighted by Crippen LogP contribution is -2.32. The molecule has 0 aromatic rings. The number of carbonyl (C=O) groups is 2. The van der Waals surface area contributed by atoms with Gasteiger partial charge in [-0.25, -0.2) is 0 Å². The first-order valence-corrected chi connectivity index (χ1v) is 10.8. The molecule has 4 nitrogen and oxygen atoms in total. The fourth-order valence-electron chi connectivity index (χ4n) is 3.60. The largest absolute Gasteiger partial charge is 0.481 e. The number of hydrogen-bond donors (Lipinski definition) is 2. The molecule has 1 aliphatic carbocycles. The quantitative estimate of drug-likeness (QED) is 0.317. The van der Waals surface area contributed by atoms with Gasteiger partial charge >= 0.3 is 5.97 Å². The number of allylic oxidation sites excluding steroid dienone is 2. The molecule has 0 aliphatic heterocycles. The molecule has 0 bridgehead atoms. The molecule has 1 fully saturated rings. The third kappa shape index (κ3) is 11.3. The summed E-state index contributed by atoms with van der Waals surface area (Å²) in [6.45, 7) is 2.94. The van der Waals surface area contributed by atoms with Gasteiger partial charge in [-0.05, 0) is 57.3 Å². The van der Waals surface area contributed by atoms with E-state index in [2.05, 4.69) is 24.4 Å². The highest BCUT2D eigenvalue weighted by atomic mass is 16.4. The first kappa shape index (κ1) is 22.7. The van der Waals surface area contributed by atoms with Crippen LogP contribution < -0.4 is 5.32 Å². The SMILES string of the molecule is CCCC/C=C/CCCCCCCC(=O)NCC1CCC(C(=O)O)CC1. The summed E-state index contributed by atoms with van der Waals surface area (Å²) < 4.78 is 0. The van der Waals surface area contributed by atoms with Crippen molar-refractivity contribution in [2.45, 2.75) is 96.8 Å². The Balaban J connectivity index is 1.90.